The molecule has 3 heterocycles. The Labute approximate surface area is 174 Å². The molecule has 1 N–H and O–H groups in total. The first-order valence-corrected chi connectivity index (χ1v) is 10.9. The molecular formula is C23H26FN3O3. The number of aromatic nitrogens is 1. The second-order valence-corrected chi connectivity index (χ2v) is 8.77. The molecule has 3 aliphatic rings. The summed E-state index contributed by atoms with van der Waals surface area (Å²) < 4.78 is 19.8. The van der Waals surface area contributed by atoms with Gasteiger partial charge < -0.3 is 14.7 Å². The van der Waals surface area contributed by atoms with Gasteiger partial charge in [0.25, 0.3) is 5.91 Å². The molecule has 6 nitrogen and oxygen atoms in total. The van der Waals surface area contributed by atoms with Crippen molar-refractivity contribution >= 4 is 11.8 Å². The van der Waals surface area contributed by atoms with E-state index >= 15 is 0 Å². The predicted molar refractivity (Wildman–Crippen MR) is 107 cm³/mol. The summed E-state index contributed by atoms with van der Waals surface area (Å²) in [5.41, 5.74) is 0.893. The first-order chi connectivity index (χ1) is 14.6. The third-order valence-corrected chi connectivity index (χ3v) is 6.62. The zero-order chi connectivity index (χ0) is 20.7. The first kappa shape index (κ1) is 19.3. The van der Waals surface area contributed by atoms with Crippen LogP contribution in [0.3, 0.4) is 0 Å². The molecule has 1 saturated carbocycles. The van der Waals surface area contributed by atoms with Crippen molar-refractivity contribution in [2.24, 2.45) is 0 Å². The smallest absolute Gasteiger partial charge is 0.276 e. The minimum atomic E-state index is -0.268. The van der Waals surface area contributed by atoms with Crippen molar-refractivity contribution in [1.82, 2.24) is 15.4 Å². The molecule has 1 aliphatic carbocycles. The van der Waals surface area contributed by atoms with E-state index in [1.807, 2.05) is 11.0 Å². The number of carbonyl (C=O) groups is 2. The number of benzene rings is 1. The number of carbonyl (C=O) groups excluding carboxylic acids is 2. The van der Waals surface area contributed by atoms with Gasteiger partial charge in [0.1, 0.15) is 11.6 Å². The Morgan fingerprint density at radius 2 is 2.07 bits per heavy atom. The number of hydrogen-bond acceptors (Lipinski definition) is 4. The lowest BCUT2D eigenvalue weighted by atomic mass is 9.97. The van der Waals surface area contributed by atoms with Crippen LogP contribution >= 0.6 is 0 Å². The largest absolute Gasteiger partial charge is 0.360 e. The van der Waals surface area contributed by atoms with E-state index in [1.165, 1.54) is 6.07 Å². The Morgan fingerprint density at radius 3 is 2.87 bits per heavy atom. The van der Waals surface area contributed by atoms with E-state index in [0.717, 1.165) is 37.9 Å². The first-order valence-electron chi connectivity index (χ1n) is 10.9. The summed E-state index contributed by atoms with van der Waals surface area (Å²) in [5, 5.41) is 7.16. The van der Waals surface area contributed by atoms with Crippen LogP contribution in [0.4, 0.5) is 4.39 Å². The maximum atomic E-state index is 14.4. The number of likely N-dealkylation sites (tertiary alicyclic amines) is 1. The van der Waals surface area contributed by atoms with Gasteiger partial charge in [0, 0.05) is 24.4 Å². The maximum absolute atomic E-state index is 14.4. The van der Waals surface area contributed by atoms with Crippen LogP contribution in [0.1, 0.15) is 72.7 Å². The Bertz CT molecular complexity index is 955. The van der Waals surface area contributed by atoms with Crippen molar-refractivity contribution in [2.45, 2.75) is 75.4 Å². The third kappa shape index (κ3) is 3.73. The van der Waals surface area contributed by atoms with Gasteiger partial charge in [-0.1, -0.05) is 29.8 Å². The lowest BCUT2D eigenvalue weighted by molar-refractivity contribution is -0.122. The van der Waals surface area contributed by atoms with Crippen LogP contribution < -0.4 is 5.32 Å². The van der Waals surface area contributed by atoms with Gasteiger partial charge in [-0.25, -0.2) is 4.39 Å². The van der Waals surface area contributed by atoms with Gasteiger partial charge in [-0.05, 0) is 50.2 Å². The molecule has 7 heteroatoms. The standard InChI is InChI=1S/C23H26FN3O3/c24-17-6-2-1-5-15(17)11-16-12-18-20(7-3-4-8-22(28)25-18)27(16)23(29)19-13-21(30-26-19)14-9-10-14/h1-2,5-6,13-14,16,18,20H,3-4,7-12H2,(H,25,28)/t16-,18+,20-/m1/s1. The fourth-order valence-electron chi connectivity index (χ4n) is 4.94. The average molecular weight is 411 g/mol. The van der Waals surface area contributed by atoms with Crippen LogP contribution in [0, 0.1) is 5.82 Å². The number of rotatable bonds is 4. The Balaban J connectivity index is 1.45. The molecule has 158 valence electrons. The lowest BCUT2D eigenvalue weighted by Crippen LogP contribution is -2.49. The quantitative estimate of drug-likeness (QED) is 0.835. The van der Waals surface area contributed by atoms with E-state index < -0.39 is 0 Å². The molecule has 2 aromatic rings. The average Bonchev–Trinajstić information content (AvgIpc) is 3.36. The zero-order valence-corrected chi connectivity index (χ0v) is 16.9. The van der Waals surface area contributed by atoms with Gasteiger partial charge in [0.05, 0.1) is 12.1 Å². The fraction of sp³-hybridized carbons (Fsp3) is 0.522. The molecule has 0 spiro atoms. The lowest BCUT2D eigenvalue weighted by Gasteiger charge is -2.32. The molecule has 5 rings (SSSR count). The topological polar surface area (TPSA) is 75.4 Å². The summed E-state index contributed by atoms with van der Waals surface area (Å²) in [6.45, 7) is 0. The normalized spacial score (nSPS) is 26.6. The van der Waals surface area contributed by atoms with E-state index in [2.05, 4.69) is 10.5 Å². The fourth-order valence-corrected chi connectivity index (χ4v) is 4.94. The summed E-state index contributed by atoms with van der Waals surface area (Å²) in [6.07, 6.45) is 6.19. The van der Waals surface area contributed by atoms with Gasteiger partial charge >= 0.3 is 0 Å². The second-order valence-electron chi connectivity index (χ2n) is 8.77. The van der Waals surface area contributed by atoms with E-state index in [1.54, 1.807) is 18.2 Å². The van der Waals surface area contributed by atoms with Gasteiger partial charge in [-0.15, -0.1) is 0 Å². The molecule has 30 heavy (non-hydrogen) atoms. The molecule has 0 bridgehead atoms. The number of nitrogens with zero attached hydrogens (tertiary/aromatic N) is 2. The highest BCUT2D eigenvalue weighted by molar-refractivity contribution is 5.93. The molecule has 2 aliphatic heterocycles. The van der Waals surface area contributed by atoms with Crippen molar-refractivity contribution < 1.29 is 18.5 Å². The SMILES string of the molecule is O=C1CCCC[C@@H]2[C@H](C[C@@H](Cc3ccccc3F)N2C(=O)c2cc(C3CC3)on2)N1. The van der Waals surface area contributed by atoms with Crippen molar-refractivity contribution in [3.8, 4) is 0 Å². The van der Waals surface area contributed by atoms with Crippen LogP contribution in [-0.4, -0.2) is 40.0 Å². The summed E-state index contributed by atoms with van der Waals surface area (Å²) in [4.78, 5) is 27.6. The summed E-state index contributed by atoms with van der Waals surface area (Å²) in [6, 6.07) is 8.01. The van der Waals surface area contributed by atoms with Crippen molar-refractivity contribution in [3.05, 3.63) is 53.2 Å². The Kier molecular flexibility index (Phi) is 5.05. The molecule has 1 aromatic heterocycles. The number of hydrogen-bond donors (Lipinski definition) is 1. The Morgan fingerprint density at radius 1 is 1.23 bits per heavy atom. The van der Waals surface area contributed by atoms with Gasteiger partial charge in [-0.3, -0.25) is 9.59 Å². The van der Waals surface area contributed by atoms with Crippen LogP contribution in [0.5, 0.6) is 0 Å². The van der Waals surface area contributed by atoms with Crippen molar-refractivity contribution in [3.63, 3.8) is 0 Å². The molecule has 1 aromatic carbocycles. The minimum absolute atomic E-state index is 0.0288. The monoisotopic (exact) mass is 411 g/mol. The maximum Gasteiger partial charge on any atom is 0.276 e. The number of amides is 2. The van der Waals surface area contributed by atoms with Crippen molar-refractivity contribution in [2.75, 3.05) is 0 Å². The van der Waals surface area contributed by atoms with Crippen LogP contribution in [0.15, 0.2) is 34.9 Å². The second kappa shape index (κ2) is 7.85. The molecule has 3 fully saturated rings. The van der Waals surface area contributed by atoms with Crippen LogP contribution in [0.25, 0.3) is 0 Å². The van der Waals surface area contributed by atoms with Gasteiger partial charge in [0.15, 0.2) is 5.69 Å². The highest BCUT2D eigenvalue weighted by atomic mass is 19.1. The summed E-state index contributed by atoms with van der Waals surface area (Å²) in [7, 11) is 0. The van der Waals surface area contributed by atoms with E-state index in [0.29, 0.717) is 36.4 Å². The zero-order valence-electron chi connectivity index (χ0n) is 16.9. The highest BCUT2D eigenvalue weighted by Crippen LogP contribution is 2.41. The Hall–Kier alpha value is -2.70. The summed E-state index contributed by atoms with van der Waals surface area (Å²) in [5.74, 6) is 0.720. The van der Waals surface area contributed by atoms with Gasteiger partial charge in [-0.2, -0.15) is 0 Å². The molecule has 2 saturated heterocycles. The van der Waals surface area contributed by atoms with E-state index in [-0.39, 0.29) is 35.8 Å². The van der Waals surface area contributed by atoms with Crippen LogP contribution in [-0.2, 0) is 11.2 Å². The highest BCUT2D eigenvalue weighted by Gasteiger charge is 2.45. The number of halogens is 1. The van der Waals surface area contributed by atoms with E-state index in [4.69, 9.17) is 4.52 Å². The summed E-state index contributed by atoms with van der Waals surface area (Å²) >= 11 is 0. The predicted octanol–water partition coefficient (Wildman–Crippen LogP) is 3.58. The molecule has 0 unspecified atom stereocenters. The van der Waals surface area contributed by atoms with Gasteiger partial charge in [0.2, 0.25) is 5.91 Å². The number of fused-ring (bicyclic) bond motifs is 1. The molecular weight excluding hydrogens is 385 g/mol. The molecule has 3 atom stereocenters. The van der Waals surface area contributed by atoms with Crippen LogP contribution in [0.2, 0.25) is 0 Å². The third-order valence-electron chi connectivity index (χ3n) is 6.62. The van der Waals surface area contributed by atoms with E-state index in [9.17, 15) is 14.0 Å². The van der Waals surface area contributed by atoms with Crippen molar-refractivity contribution in [1.29, 1.82) is 0 Å². The number of nitrogens with one attached hydrogen (secondary N) is 1. The molecule has 0 radical (unpaired) electrons. The molecule has 2 amide bonds. The minimum Gasteiger partial charge on any atom is -0.360 e.